The number of allylic oxidation sites excluding steroid dienone is 2. The lowest BCUT2D eigenvalue weighted by Gasteiger charge is -2.62. The van der Waals surface area contributed by atoms with Crippen molar-refractivity contribution in [3.63, 3.8) is 0 Å². The first-order chi connectivity index (χ1) is 9.70. The Bertz CT molecular complexity index is 488. The highest BCUT2D eigenvalue weighted by atomic mass is 16.3. The largest absolute Gasteiger partial charge is 0.390 e. The van der Waals surface area contributed by atoms with Crippen molar-refractivity contribution in [3.05, 3.63) is 12.2 Å². The first-order valence-corrected chi connectivity index (χ1v) is 9.10. The van der Waals surface area contributed by atoms with Crippen LogP contribution in [0, 0.1) is 34.0 Å². The van der Waals surface area contributed by atoms with E-state index in [-0.39, 0.29) is 0 Å². The van der Waals surface area contributed by atoms with E-state index in [9.17, 15) is 5.11 Å². The molecular formula is C20H32O. The summed E-state index contributed by atoms with van der Waals surface area (Å²) < 4.78 is 0. The number of aliphatic hydroxyl groups is 1. The minimum absolute atomic E-state index is 0.354. The second kappa shape index (κ2) is 3.96. The summed E-state index contributed by atoms with van der Waals surface area (Å²) in [6.07, 6.45) is 13.9. The average molecular weight is 288 g/mol. The fourth-order valence-electron chi connectivity index (χ4n) is 7.63. The molecule has 4 rings (SSSR count). The standard InChI is InChI=1S/C20H32O/c1-17(2)9-5-10-18(3)15(17)8-11-20-12-14(6-7-16(18)20)19(4,21)13-20/h5,9,14-16,21H,6-8,10-13H2,1-4H3/t14-,15+,16-,18+,19-,20-/m1/s1. The maximum atomic E-state index is 10.9. The van der Waals surface area contributed by atoms with Crippen LogP contribution in [0.15, 0.2) is 12.2 Å². The molecule has 2 bridgehead atoms. The molecule has 1 heteroatoms. The van der Waals surface area contributed by atoms with Crippen LogP contribution in [-0.2, 0) is 0 Å². The van der Waals surface area contributed by atoms with Crippen LogP contribution in [0.5, 0.6) is 0 Å². The quantitative estimate of drug-likeness (QED) is 0.626. The van der Waals surface area contributed by atoms with Crippen LogP contribution in [0.3, 0.4) is 0 Å². The van der Waals surface area contributed by atoms with Gasteiger partial charge in [-0.15, -0.1) is 0 Å². The molecule has 6 atom stereocenters. The van der Waals surface area contributed by atoms with E-state index in [0.29, 0.717) is 22.2 Å². The summed E-state index contributed by atoms with van der Waals surface area (Å²) in [7, 11) is 0. The molecular weight excluding hydrogens is 256 g/mol. The molecule has 4 aliphatic carbocycles. The van der Waals surface area contributed by atoms with Crippen molar-refractivity contribution in [1.82, 2.24) is 0 Å². The summed E-state index contributed by atoms with van der Waals surface area (Å²) in [5.41, 5.74) is 0.880. The third-order valence-electron chi connectivity index (χ3n) is 8.31. The normalized spacial score (nSPS) is 57.7. The first kappa shape index (κ1) is 14.3. The Kier molecular flexibility index (Phi) is 2.70. The fourth-order valence-corrected chi connectivity index (χ4v) is 7.63. The lowest BCUT2D eigenvalue weighted by molar-refractivity contribution is -0.114. The van der Waals surface area contributed by atoms with Crippen LogP contribution in [0.4, 0.5) is 0 Å². The summed E-state index contributed by atoms with van der Waals surface area (Å²) in [5.74, 6) is 2.23. The molecule has 3 fully saturated rings. The molecule has 0 aromatic heterocycles. The second-order valence-electron chi connectivity index (χ2n) is 9.95. The summed E-state index contributed by atoms with van der Waals surface area (Å²) in [6, 6.07) is 0. The smallest absolute Gasteiger partial charge is 0.0653 e. The maximum absolute atomic E-state index is 10.9. The predicted octanol–water partition coefficient (Wildman–Crippen LogP) is 4.95. The highest BCUT2D eigenvalue weighted by Crippen LogP contribution is 2.71. The van der Waals surface area contributed by atoms with Crippen molar-refractivity contribution in [1.29, 1.82) is 0 Å². The predicted molar refractivity (Wildman–Crippen MR) is 86.9 cm³/mol. The fraction of sp³-hybridized carbons (Fsp3) is 0.900. The molecule has 0 saturated heterocycles. The molecule has 0 aromatic rings. The van der Waals surface area contributed by atoms with Gasteiger partial charge < -0.3 is 5.11 Å². The summed E-state index contributed by atoms with van der Waals surface area (Å²) in [4.78, 5) is 0. The summed E-state index contributed by atoms with van der Waals surface area (Å²) >= 11 is 0. The molecule has 0 radical (unpaired) electrons. The van der Waals surface area contributed by atoms with E-state index in [1.807, 2.05) is 0 Å². The second-order valence-corrected chi connectivity index (χ2v) is 9.95. The molecule has 0 aromatic carbocycles. The molecule has 1 nitrogen and oxygen atoms in total. The van der Waals surface area contributed by atoms with E-state index in [1.165, 1.54) is 38.5 Å². The Hall–Kier alpha value is -0.300. The highest BCUT2D eigenvalue weighted by molar-refractivity contribution is 5.20. The van der Waals surface area contributed by atoms with Gasteiger partial charge in [0.25, 0.3) is 0 Å². The van der Waals surface area contributed by atoms with E-state index in [4.69, 9.17) is 0 Å². The van der Waals surface area contributed by atoms with Crippen LogP contribution in [0.2, 0.25) is 0 Å². The van der Waals surface area contributed by atoms with Gasteiger partial charge in [0, 0.05) is 0 Å². The van der Waals surface area contributed by atoms with Gasteiger partial charge in [0.15, 0.2) is 0 Å². The monoisotopic (exact) mass is 288 g/mol. The van der Waals surface area contributed by atoms with Gasteiger partial charge >= 0.3 is 0 Å². The van der Waals surface area contributed by atoms with Crippen LogP contribution < -0.4 is 0 Å². The van der Waals surface area contributed by atoms with Gasteiger partial charge in [-0.05, 0) is 85.9 Å². The van der Waals surface area contributed by atoms with E-state index in [1.54, 1.807) is 0 Å². The lowest BCUT2D eigenvalue weighted by atomic mass is 9.42. The van der Waals surface area contributed by atoms with Gasteiger partial charge in [0.05, 0.1) is 5.60 Å². The topological polar surface area (TPSA) is 20.2 Å². The molecule has 3 saturated carbocycles. The van der Waals surface area contributed by atoms with Crippen LogP contribution in [0.1, 0.15) is 72.6 Å². The summed E-state index contributed by atoms with van der Waals surface area (Å²) in [5, 5.41) is 10.9. The average Bonchev–Trinajstić information content (AvgIpc) is 2.53. The van der Waals surface area contributed by atoms with Gasteiger partial charge in [-0.3, -0.25) is 0 Å². The molecule has 1 N–H and O–H groups in total. The van der Waals surface area contributed by atoms with Gasteiger partial charge in [-0.1, -0.05) is 32.9 Å². The number of fused-ring (bicyclic) bond motifs is 3. The van der Waals surface area contributed by atoms with Gasteiger partial charge in [0.1, 0.15) is 0 Å². The van der Waals surface area contributed by atoms with Crippen molar-refractivity contribution in [2.45, 2.75) is 78.2 Å². The van der Waals surface area contributed by atoms with Gasteiger partial charge in [-0.2, -0.15) is 0 Å². The molecule has 21 heavy (non-hydrogen) atoms. The Morgan fingerprint density at radius 2 is 1.76 bits per heavy atom. The first-order valence-electron chi connectivity index (χ1n) is 9.10. The van der Waals surface area contributed by atoms with E-state index in [0.717, 1.165) is 18.3 Å². The zero-order chi connectivity index (χ0) is 15.1. The van der Waals surface area contributed by atoms with Crippen LogP contribution in [0.25, 0.3) is 0 Å². The molecule has 118 valence electrons. The van der Waals surface area contributed by atoms with E-state index in [2.05, 4.69) is 39.8 Å². The molecule has 4 aliphatic rings. The summed E-state index contributed by atoms with van der Waals surface area (Å²) in [6.45, 7) is 9.59. The van der Waals surface area contributed by atoms with Crippen molar-refractivity contribution in [2.24, 2.45) is 34.0 Å². The van der Waals surface area contributed by atoms with E-state index >= 15 is 0 Å². The third-order valence-corrected chi connectivity index (χ3v) is 8.31. The van der Waals surface area contributed by atoms with Crippen LogP contribution >= 0.6 is 0 Å². The minimum Gasteiger partial charge on any atom is -0.390 e. The molecule has 0 amide bonds. The maximum Gasteiger partial charge on any atom is 0.0653 e. The van der Waals surface area contributed by atoms with Crippen molar-refractivity contribution >= 4 is 0 Å². The van der Waals surface area contributed by atoms with Gasteiger partial charge in [-0.25, -0.2) is 0 Å². The van der Waals surface area contributed by atoms with Gasteiger partial charge in [0.2, 0.25) is 0 Å². The third kappa shape index (κ3) is 1.73. The Labute approximate surface area is 130 Å². The number of hydrogen-bond donors (Lipinski definition) is 1. The van der Waals surface area contributed by atoms with Crippen LogP contribution in [-0.4, -0.2) is 10.7 Å². The minimum atomic E-state index is -0.391. The lowest BCUT2D eigenvalue weighted by Crippen LogP contribution is -2.54. The zero-order valence-electron chi connectivity index (χ0n) is 14.3. The molecule has 0 unspecified atom stereocenters. The molecule has 0 aliphatic heterocycles. The molecule has 0 heterocycles. The van der Waals surface area contributed by atoms with Crippen molar-refractivity contribution < 1.29 is 5.11 Å². The Balaban J connectivity index is 1.76. The van der Waals surface area contributed by atoms with Crippen molar-refractivity contribution in [3.8, 4) is 0 Å². The van der Waals surface area contributed by atoms with E-state index < -0.39 is 5.60 Å². The molecule has 1 spiro atoms. The zero-order valence-corrected chi connectivity index (χ0v) is 14.3. The number of rotatable bonds is 0. The SMILES string of the molecule is CC1(C)C=CC[C@@]2(C)[C@H]1CC[C@]13C[C@@H](CC[C@@H]12)[C@](C)(O)C3. The Morgan fingerprint density at radius 1 is 1.00 bits per heavy atom. The van der Waals surface area contributed by atoms with Crippen molar-refractivity contribution in [2.75, 3.05) is 0 Å². The Morgan fingerprint density at radius 3 is 2.52 bits per heavy atom. The number of hydrogen-bond acceptors (Lipinski definition) is 1. The highest BCUT2D eigenvalue weighted by Gasteiger charge is 2.65.